The van der Waals surface area contributed by atoms with Gasteiger partial charge >= 0.3 is 36.2 Å². The first-order valence-electron chi connectivity index (χ1n) is 7.35. The van der Waals surface area contributed by atoms with E-state index in [2.05, 4.69) is 0 Å². The van der Waals surface area contributed by atoms with Crippen LogP contribution in [0.2, 0.25) is 0 Å². The lowest BCUT2D eigenvalue weighted by Gasteiger charge is -2.38. The molecule has 0 aromatic heterocycles. The largest absolute Gasteiger partial charge is 0.673 e. The Labute approximate surface area is 164 Å². The van der Waals surface area contributed by atoms with Crippen LogP contribution < -0.4 is 0 Å². The fourth-order valence-corrected chi connectivity index (χ4v) is 12.5. The second-order valence-corrected chi connectivity index (χ2v) is 14.9. The van der Waals surface area contributed by atoms with Crippen LogP contribution in [0.25, 0.3) is 0 Å². The van der Waals surface area contributed by atoms with Crippen molar-refractivity contribution in [1.29, 1.82) is 0 Å². The number of hydrogen-bond acceptors (Lipinski definition) is 13. The lowest BCUT2D eigenvalue weighted by molar-refractivity contribution is -0.0570. The monoisotopic (exact) mass is 470 g/mol. The van der Waals surface area contributed by atoms with Crippen LogP contribution in [0.15, 0.2) is 0 Å². The van der Waals surface area contributed by atoms with Crippen molar-refractivity contribution in [2.75, 3.05) is 71.1 Å². The lowest BCUT2D eigenvalue weighted by Crippen LogP contribution is -2.68. The summed E-state index contributed by atoms with van der Waals surface area (Å²) in [5, 5.41) is 0. The highest BCUT2D eigenvalue weighted by atomic mass is 28.5. The van der Waals surface area contributed by atoms with Crippen LogP contribution >= 0.6 is 0 Å². The number of rotatable bonds is 16. The summed E-state index contributed by atoms with van der Waals surface area (Å²) in [6, 6.07) is 0. The molecule has 0 amide bonds. The summed E-state index contributed by atoms with van der Waals surface area (Å²) < 4.78 is 70.4. The summed E-state index contributed by atoms with van der Waals surface area (Å²) >= 11 is 0. The van der Waals surface area contributed by atoms with E-state index in [0.29, 0.717) is 0 Å². The molecule has 0 unspecified atom stereocenters. The van der Waals surface area contributed by atoms with Gasteiger partial charge in [-0.2, -0.15) is 0 Å². The van der Waals surface area contributed by atoms with Gasteiger partial charge in [0.2, 0.25) is 0 Å². The molecule has 0 aliphatic carbocycles. The third kappa shape index (κ3) is 6.68. The van der Waals surface area contributed by atoms with Crippen molar-refractivity contribution in [2.45, 2.75) is 0 Å². The summed E-state index contributed by atoms with van der Waals surface area (Å²) in [7, 11) is -2.08. The standard InChI is InChI=1S/C10H30O13Si4/c1-11-24(12-2,13-3)21-26(17-7,18-8)23-27(19-9,20-10)22-25(14-4,15-5)16-6/h1-10H3. The van der Waals surface area contributed by atoms with E-state index in [1.54, 1.807) is 0 Å². The Hall–Kier alpha value is 0.348. The van der Waals surface area contributed by atoms with Crippen LogP contribution in [-0.4, -0.2) is 107 Å². The van der Waals surface area contributed by atoms with Crippen LogP contribution in [0.5, 0.6) is 0 Å². The Morgan fingerprint density at radius 2 is 0.407 bits per heavy atom. The molecule has 0 atom stereocenters. The van der Waals surface area contributed by atoms with E-state index in [-0.39, 0.29) is 0 Å². The summed E-state index contributed by atoms with van der Waals surface area (Å²) in [6.45, 7) is 0. The molecule has 13 nitrogen and oxygen atoms in total. The third-order valence-electron chi connectivity index (χ3n) is 3.25. The molecule has 0 N–H and O–H groups in total. The van der Waals surface area contributed by atoms with Crippen molar-refractivity contribution in [2.24, 2.45) is 0 Å². The van der Waals surface area contributed by atoms with E-state index in [1.807, 2.05) is 0 Å². The molecular weight excluding hydrogens is 440 g/mol. The highest BCUT2D eigenvalue weighted by molar-refractivity contribution is 6.77. The van der Waals surface area contributed by atoms with E-state index < -0.39 is 36.2 Å². The van der Waals surface area contributed by atoms with Gasteiger partial charge in [0.25, 0.3) is 0 Å². The maximum Gasteiger partial charge on any atom is 0.673 e. The van der Waals surface area contributed by atoms with Gasteiger partial charge in [-0.1, -0.05) is 0 Å². The van der Waals surface area contributed by atoms with Crippen molar-refractivity contribution in [3.05, 3.63) is 0 Å². The highest BCUT2D eigenvalue weighted by Gasteiger charge is 2.67. The molecule has 0 fully saturated rings. The molecule has 0 bridgehead atoms. The second kappa shape index (κ2) is 12.1. The SMILES string of the molecule is CO[Si](OC)(OC)O[Si](OC)(OC)O[Si](OC)(OC)O[Si](OC)(OC)OC. The maximum atomic E-state index is 5.88. The Balaban J connectivity index is 5.93. The average Bonchev–Trinajstić information content (AvgIpc) is 2.74. The van der Waals surface area contributed by atoms with E-state index >= 15 is 0 Å². The molecule has 0 heterocycles. The van der Waals surface area contributed by atoms with Crippen molar-refractivity contribution >= 4 is 36.2 Å². The zero-order chi connectivity index (χ0) is 21.2. The van der Waals surface area contributed by atoms with Crippen LogP contribution in [0.3, 0.4) is 0 Å². The molecule has 164 valence electrons. The second-order valence-electron chi connectivity index (χ2n) is 4.35. The van der Waals surface area contributed by atoms with Gasteiger partial charge in [-0.25, -0.2) is 0 Å². The molecule has 0 aliphatic heterocycles. The first kappa shape index (κ1) is 27.3. The Morgan fingerprint density at radius 3 is 0.556 bits per heavy atom. The zero-order valence-corrected chi connectivity index (χ0v) is 21.3. The number of hydrogen-bond donors (Lipinski definition) is 0. The molecule has 0 saturated heterocycles. The van der Waals surface area contributed by atoms with Gasteiger partial charge in [0.05, 0.1) is 0 Å². The summed E-state index contributed by atoms with van der Waals surface area (Å²) in [4.78, 5) is 0. The predicted octanol–water partition coefficient (Wildman–Crippen LogP) is -0.757. The minimum atomic E-state index is -4.03. The van der Waals surface area contributed by atoms with Gasteiger partial charge in [-0.3, -0.25) is 0 Å². The summed E-state index contributed by atoms with van der Waals surface area (Å²) in [5.74, 6) is 0. The molecule has 0 aromatic carbocycles. The quantitative estimate of drug-likeness (QED) is 0.263. The molecule has 27 heavy (non-hydrogen) atoms. The molecule has 0 aliphatic rings. The van der Waals surface area contributed by atoms with E-state index in [0.717, 1.165) is 0 Å². The van der Waals surface area contributed by atoms with E-state index in [9.17, 15) is 0 Å². The molecule has 0 rings (SSSR count). The topological polar surface area (TPSA) is 120 Å². The Morgan fingerprint density at radius 1 is 0.259 bits per heavy atom. The first-order valence-corrected chi connectivity index (χ1v) is 13.9. The lowest BCUT2D eigenvalue weighted by atomic mass is 11.8. The van der Waals surface area contributed by atoms with Gasteiger partial charge < -0.3 is 56.6 Å². The van der Waals surface area contributed by atoms with Crippen LogP contribution in [0.1, 0.15) is 0 Å². The van der Waals surface area contributed by atoms with Crippen molar-refractivity contribution in [1.82, 2.24) is 0 Å². The molecular formula is C10H30O13Si4. The van der Waals surface area contributed by atoms with Crippen molar-refractivity contribution in [3.63, 3.8) is 0 Å². The molecule has 0 saturated carbocycles. The fraction of sp³-hybridized carbons (Fsp3) is 1.00. The third-order valence-corrected chi connectivity index (χ3v) is 14.3. The zero-order valence-electron chi connectivity index (χ0n) is 17.3. The van der Waals surface area contributed by atoms with Crippen molar-refractivity contribution < 1.29 is 56.6 Å². The average molecular weight is 471 g/mol. The minimum absolute atomic E-state index is 1.30. The molecule has 0 radical (unpaired) electrons. The maximum absolute atomic E-state index is 5.88. The van der Waals surface area contributed by atoms with E-state index in [1.165, 1.54) is 71.1 Å². The molecule has 0 spiro atoms. The van der Waals surface area contributed by atoms with Gasteiger partial charge in [0, 0.05) is 71.1 Å². The molecule has 0 aromatic rings. The van der Waals surface area contributed by atoms with E-state index in [4.69, 9.17) is 56.6 Å². The normalized spacial score (nSPS) is 14.0. The Bertz CT molecular complexity index is 348. The van der Waals surface area contributed by atoms with Gasteiger partial charge in [-0.05, 0) is 0 Å². The Kier molecular flexibility index (Phi) is 12.3. The fourth-order valence-electron chi connectivity index (χ4n) is 1.75. The first-order chi connectivity index (χ1) is 12.7. The predicted molar refractivity (Wildman–Crippen MR) is 96.4 cm³/mol. The van der Waals surface area contributed by atoms with Crippen LogP contribution in [0, 0.1) is 0 Å². The van der Waals surface area contributed by atoms with Crippen molar-refractivity contribution in [3.8, 4) is 0 Å². The smallest absolute Gasteiger partial charge is 0.355 e. The van der Waals surface area contributed by atoms with Gasteiger partial charge in [0.1, 0.15) is 0 Å². The minimum Gasteiger partial charge on any atom is -0.355 e. The highest BCUT2D eigenvalue weighted by Crippen LogP contribution is 2.27. The van der Waals surface area contributed by atoms with Gasteiger partial charge in [0.15, 0.2) is 0 Å². The summed E-state index contributed by atoms with van der Waals surface area (Å²) in [6.07, 6.45) is 0. The summed E-state index contributed by atoms with van der Waals surface area (Å²) in [5.41, 5.74) is 0. The van der Waals surface area contributed by atoms with Crippen LogP contribution in [0.4, 0.5) is 0 Å². The van der Waals surface area contributed by atoms with Crippen LogP contribution in [-0.2, 0) is 56.6 Å². The molecule has 17 heteroatoms. The van der Waals surface area contributed by atoms with Gasteiger partial charge in [-0.15, -0.1) is 0 Å².